The summed E-state index contributed by atoms with van der Waals surface area (Å²) in [7, 11) is -1.46. The van der Waals surface area contributed by atoms with Crippen molar-refractivity contribution < 1.29 is 17.9 Å². The van der Waals surface area contributed by atoms with Crippen molar-refractivity contribution in [2.75, 3.05) is 12.4 Å². The van der Waals surface area contributed by atoms with Crippen LogP contribution in [0, 0.1) is 0 Å². The first-order valence-electron chi connectivity index (χ1n) is 4.46. The standard InChI is InChI=1S/C7H9N5O4S/c1-3-4-8-5(11-7(9-4)16-2)10-6(13)12-17(14)15/h3H2,1-2H3,(H,8,9,10,11,13). The lowest BCUT2D eigenvalue weighted by Crippen LogP contribution is -2.12. The van der Waals surface area contributed by atoms with Crippen molar-refractivity contribution >= 4 is 22.5 Å². The minimum Gasteiger partial charge on any atom is -0.467 e. The molecular weight excluding hydrogens is 250 g/mol. The highest BCUT2D eigenvalue weighted by atomic mass is 32.2. The van der Waals surface area contributed by atoms with Crippen LogP contribution < -0.4 is 10.1 Å². The summed E-state index contributed by atoms with van der Waals surface area (Å²) in [4.78, 5) is 22.5. The summed E-state index contributed by atoms with van der Waals surface area (Å²) in [6.45, 7) is 1.80. The van der Waals surface area contributed by atoms with E-state index < -0.39 is 16.5 Å². The highest BCUT2D eigenvalue weighted by Gasteiger charge is 2.08. The summed E-state index contributed by atoms with van der Waals surface area (Å²) >= 11 is 0. The molecule has 92 valence electrons. The number of rotatable bonds is 3. The third-order valence-electron chi connectivity index (χ3n) is 1.54. The van der Waals surface area contributed by atoms with Gasteiger partial charge in [0.1, 0.15) is 5.82 Å². The topological polar surface area (TPSA) is 124 Å². The number of aromatic nitrogens is 3. The molecule has 0 aliphatic rings. The quantitative estimate of drug-likeness (QED) is 0.812. The maximum atomic E-state index is 11.0. The maximum absolute atomic E-state index is 11.0. The normalized spacial score (nSPS) is 9.53. The number of amides is 2. The van der Waals surface area contributed by atoms with Gasteiger partial charge in [-0.25, -0.2) is 4.79 Å². The molecule has 0 aromatic carbocycles. The lowest BCUT2D eigenvalue weighted by molar-refractivity contribution is 0.259. The molecule has 0 spiro atoms. The molecule has 1 aromatic heterocycles. The van der Waals surface area contributed by atoms with Crippen LogP contribution in [0.1, 0.15) is 12.7 Å². The van der Waals surface area contributed by atoms with Gasteiger partial charge in [0.15, 0.2) is 0 Å². The Morgan fingerprint density at radius 3 is 2.65 bits per heavy atom. The summed E-state index contributed by atoms with van der Waals surface area (Å²) < 4.78 is 27.8. The minimum absolute atomic E-state index is 0.0235. The molecule has 10 heteroatoms. The highest BCUT2D eigenvalue weighted by Crippen LogP contribution is 2.07. The van der Waals surface area contributed by atoms with Gasteiger partial charge in [-0.1, -0.05) is 11.3 Å². The SMILES string of the molecule is CCc1nc(NC(=O)N=S(=O)=O)nc(OC)n1. The summed E-state index contributed by atoms with van der Waals surface area (Å²) in [5.74, 6) is 0.281. The number of aryl methyl sites for hydroxylation is 1. The summed E-state index contributed by atoms with van der Waals surface area (Å²) in [6, 6.07) is -1.07. The highest BCUT2D eigenvalue weighted by molar-refractivity contribution is 7.62. The molecule has 1 N–H and O–H groups in total. The van der Waals surface area contributed by atoms with Gasteiger partial charge in [0.25, 0.3) is 0 Å². The molecule has 17 heavy (non-hydrogen) atoms. The zero-order valence-corrected chi connectivity index (χ0v) is 9.85. The van der Waals surface area contributed by atoms with Crippen LogP contribution in [-0.2, 0) is 16.9 Å². The second-order valence-electron chi connectivity index (χ2n) is 2.65. The molecule has 1 heterocycles. The van der Waals surface area contributed by atoms with Gasteiger partial charge < -0.3 is 4.74 Å². The molecule has 0 unspecified atom stereocenters. The van der Waals surface area contributed by atoms with Crippen LogP contribution in [0.5, 0.6) is 6.01 Å². The van der Waals surface area contributed by atoms with Crippen molar-refractivity contribution in [3.63, 3.8) is 0 Å². The Morgan fingerprint density at radius 1 is 1.41 bits per heavy atom. The first-order valence-corrected chi connectivity index (χ1v) is 5.49. The molecule has 0 fully saturated rings. The molecule has 0 saturated carbocycles. The molecule has 1 aromatic rings. The van der Waals surface area contributed by atoms with Crippen molar-refractivity contribution in [2.45, 2.75) is 13.3 Å². The minimum atomic E-state index is -2.82. The van der Waals surface area contributed by atoms with Crippen molar-refractivity contribution in [2.24, 2.45) is 4.36 Å². The zero-order valence-electron chi connectivity index (χ0n) is 9.04. The van der Waals surface area contributed by atoms with Gasteiger partial charge in [-0.2, -0.15) is 23.4 Å². The maximum Gasteiger partial charge on any atom is 0.362 e. The summed E-state index contributed by atoms with van der Waals surface area (Å²) in [5, 5.41) is 2.08. The van der Waals surface area contributed by atoms with Crippen molar-refractivity contribution in [3.05, 3.63) is 5.82 Å². The van der Waals surface area contributed by atoms with Gasteiger partial charge in [-0.05, 0) is 0 Å². The third kappa shape index (κ3) is 4.10. The number of urea groups is 1. The van der Waals surface area contributed by atoms with Crippen LogP contribution in [0.3, 0.4) is 0 Å². The van der Waals surface area contributed by atoms with Crippen LogP contribution in [0.2, 0.25) is 0 Å². The van der Waals surface area contributed by atoms with Crippen molar-refractivity contribution in [1.29, 1.82) is 0 Å². The predicted molar refractivity (Wildman–Crippen MR) is 56.1 cm³/mol. The van der Waals surface area contributed by atoms with E-state index in [9.17, 15) is 13.2 Å². The van der Waals surface area contributed by atoms with Gasteiger partial charge in [0, 0.05) is 6.42 Å². The van der Waals surface area contributed by atoms with E-state index >= 15 is 0 Å². The Kier molecular flexibility index (Phi) is 4.46. The van der Waals surface area contributed by atoms with Gasteiger partial charge >= 0.3 is 22.5 Å². The fourth-order valence-electron chi connectivity index (χ4n) is 0.890. The number of carbonyl (C=O) groups is 1. The first kappa shape index (κ1) is 13.0. The lowest BCUT2D eigenvalue weighted by atomic mass is 10.5. The molecule has 1 rings (SSSR count). The average Bonchev–Trinajstić information content (AvgIpc) is 2.27. The van der Waals surface area contributed by atoms with Gasteiger partial charge in [-0.15, -0.1) is 0 Å². The fraction of sp³-hybridized carbons (Fsp3) is 0.429. The van der Waals surface area contributed by atoms with E-state index in [1.807, 2.05) is 0 Å². The fourth-order valence-corrected chi connectivity index (χ4v) is 1.07. The molecule has 0 saturated heterocycles. The molecule has 0 radical (unpaired) electrons. The smallest absolute Gasteiger partial charge is 0.362 e. The number of hydrogen-bond donors (Lipinski definition) is 1. The number of nitrogens with zero attached hydrogens (tertiary/aromatic N) is 4. The van der Waals surface area contributed by atoms with E-state index in [0.717, 1.165) is 0 Å². The monoisotopic (exact) mass is 259 g/mol. The number of anilines is 1. The van der Waals surface area contributed by atoms with E-state index in [1.54, 1.807) is 6.92 Å². The Balaban J connectivity index is 2.98. The molecular formula is C7H9N5O4S. The largest absolute Gasteiger partial charge is 0.467 e. The van der Waals surface area contributed by atoms with E-state index in [-0.39, 0.29) is 12.0 Å². The number of carbonyl (C=O) groups excluding carboxylic acids is 1. The van der Waals surface area contributed by atoms with Crippen LogP contribution in [0.4, 0.5) is 10.7 Å². The molecule has 0 atom stereocenters. The third-order valence-corrected chi connectivity index (χ3v) is 1.85. The van der Waals surface area contributed by atoms with Crippen LogP contribution >= 0.6 is 0 Å². The number of nitrogens with one attached hydrogen (secondary N) is 1. The molecule has 0 aliphatic carbocycles. The molecule has 0 aliphatic heterocycles. The predicted octanol–water partition coefficient (Wildman–Crippen LogP) is 0.0372. The Bertz CT molecular complexity index is 525. The van der Waals surface area contributed by atoms with Crippen LogP contribution in [0.15, 0.2) is 4.36 Å². The zero-order chi connectivity index (χ0) is 12.8. The van der Waals surface area contributed by atoms with E-state index in [0.29, 0.717) is 12.2 Å². The lowest BCUT2D eigenvalue weighted by Gasteiger charge is -2.03. The number of hydrogen-bond acceptors (Lipinski definition) is 7. The average molecular weight is 259 g/mol. The second kappa shape index (κ2) is 5.84. The van der Waals surface area contributed by atoms with Crippen LogP contribution in [0.25, 0.3) is 0 Å². The van der Waals surface area contributed by atoms with Crippen LogP contribution in [-0.4, -0.2) is 36.5 Å². The number of methoxy groups -OCH3 is 1. The Labute approximate surface area is 98.0 Å². The van der Waals surface area contributed by atoms with Gasteiger partial charge in [0.05, 0.1) is 7.11 Å². The van der Waals surface area contributed by atoms with Gasteiger partial charge in [0.2, 0.25) is 5.95 Å². The van der Waals surface area contributed by atoms with E-state index in [2.05, 4.69) is 24.6 Å². The molecule has 9 nitrogen and oxygen atoms in total. The second-order valence-corrected chi connectivity index (χ2v) is 3.27. The molecule has 0 bridgehead atoms. The van der Waals surface area contributed by atoms with E-state index in [1.165, 1.54) is 7.11 Å². The summed E-state index contributed by atoms with van der Waals surface area (Å²) in [6.07, 6.45) is 0.506. The first-order chi connectivity index (χ1) is 8.05. The Morgan fingerprint density at radius 2 is 2.12 bits per heavy atom. The van der Waals surface area contributed by atoms with Crippen molar-refractivity contribution in [1.82, 2.24) is 15.0 Å². The Hall–Kier alpha value is -2.10. The van der Waals surface area contributed by atoms with E-state index in [4.69, 9.17) is 4.74 Å². The molecule has 2 amide bonds. The van der Waals surface area contributed by atoms with Gasteiger partial charge in [-0.3, -0.25) is 5.32 Å². The summed E-state index contributed by atoms with van der Waals surface area (Å²) in [5.41, 5.74) is 0. The number of ether oxygens (including phenoxy) is 1. The van der Waals surface area contributed by atoms with Crippen molar-refractivity contribution in [3.8, 4) is 6.01 Å².